The van der Waals surface area contributed by atoms with Gasteiger partial charge in [-0.3, -0.25) is 9.89 Å². The van der Waals surface area contributed by atoms with Crippen molar-refractivity contribution in [3.63, 3.8) is 0 Å². The minimum atomic E-state index is 0.361. The lowest BCUT2D eigenvalue weighted by atomic mass is 9.95. The summed E-state index contributed by atoms with van der Waals surface area (Å²) in [7, 11) is 0. The zero-order valence-electron chi connectivity index (χ0n) is 13.4. The van der Waals surface area contributed by atoms with Gasteiger partial charge in [0.2, 0.25) is 5.91 Å². The number of rotatable bonds is 4. The molecule has 0 aromatic carbocycles. The van der Waals surface area contributed by atoms with Crippen LogP contribution in [-0.4, -0.2) is 38.7 Å². The molecule has 4 aliphatic rings. The number of hydrogen-bond donors (Lipinski definition) is 1. The van der Waals surface area contributed by atoms with Crippen molar-refractivity contribution in [2.24, 2.45) is 17.8 Å². The Morgan fingerprint density at radius 1 is 1.13 bits per heavy atom. The molecular weight excluding hydrogens is 308 g/mol. The first-order valence-corrected chi connectivity index (χ1v) is 9.59. The van der Waals surface area contributed by atoms with Crippen LogP contribution in [-0.2, 0) is 4.79 Å². The summed E-state index contributed by atoms with van der Waals surface area (Å²) >= 11 is 5.39. The maximum Gasteiger partial charge on any atom is 0.225 e. The zero-order valence-corrected chi connectivity index (χ0v) is 14.2. The lowest BCUT2D eigenvalue weighted by molar-refractivity contribution is -0.134. The molecule has 5 nitrogen and oxygen atoms in total. The Bertz CT molecular complexity index is 679. The first-order valence-electron chi connectivity index (χ1n) is 9.18. The fourth-order valence-electron chi connectivity index (χ4n) is 4.43. The molecule has 3 saturated carbocycles. The van der Waals surface area contributed by atoms with Crippen LogP contribution < -0.4 is 0 Å². The molecule has 1 amide bonds. The van der Waals surface area contributed by atoms with Crippen molar-refractivity contribution >= 4 is 18.1 Å². The van der Waals surface area contributed by atoms with Crippen LogP contribution in [0.3, 0.4) is 0 Å². The van der Waals surface area contributed by atoms with Crippen molar-refractivity contribution in [1.29, 1.82) is 0 Å². The molecule has 2 heterocycles. The van der Waals surface area contributed by atoms with E-state index in [0.29, 0.717) is 23.8 Å². The second-order valence-corrected chi connectivity index (χ2v) is 8.32. The largest absolute Gasteiger partial charge is 0.342 e. The van der Waals surface area contributed by atoms with E-state index in [9.17, 15) is 4.79 Å². The molecule has 124 valence electrons. The van der Waals surface area contributed by atoms with Gasteiger partial charge in [0, 0.05) is 31.0 Å². The van der Waals surface area contributed by atoms with E-state index in [0.717, 1.165) is 54.8 Å². The molecule has 23 heavy (non-hydrogen) atoms. The SMILES string of the molecule is O=C([C@H]1C[C@H]1C1CC1)N1CCC(c2n[nH]c(=S)n2C2CC2)CC1. The first kappa shape index (κ1) is 14.2. The monoisotopic (exact) mass is 332 g/mol. The van der Waals surface area contributed by atoms with Crippen LogP contribution in [0.2, 0.25) is 0 Å². The number of amides is 1. The van der Waals surface area contributed by atoms with Crippen molar-refractivity contribution in [3.05, 3.63) is 10.6 Å². The predicted molar refractivity (Wildman–Crippen MR) is 88.6 cm³/mol. The average molecular weight is 332 g/mol. The van der Waals surface area contributed by atoms with Crippen LogP contribution in [0.5, 0.6) is 0 Å². The molecule has 1 aliphatic heterocycles. The first-order chi connectivity index (χ1) is 11.2. The van der Waals surface area contributed by atoms with E-state index in [1.807, 2.05) is 0 Å². The molecular formula is C17H24N4OS. The Balaban J connectivity index is 1.23. The summed E-state index contributed by atoms with van der Waals surface area (Å²) in [6.45, 7) is 1.78. The number of aromatic amines is 1. The standard InChI is InChI=1S/C17H24N4OS/c22-16(14-9-13(14)10-1-2-10)20-7-5-11(6-8-20)15-18-19-17(23)21(15)12-3-4-12/h10-14H,1-9H2,(H,19,23)/t13-,14-/m0/s1. The van der Waals surface area contributed by atoms with Crippen LogP contribution >= 0.6 is 12.2 Å². The van der Waals surface area contributed by atoms with Gasteiger partial charge in [0.25, 0.3) is 0 Å². The molecule has 5 rings (SSSR count). The maximum absolute atomic E-state index is 12.6. The number of nitrogens with zero attached hydrogens (tertiary/aromatic N) is 3. The summed E-state index contributed by atoms with van der Waals surface area (Å²) in [5.41, 5.74) is 0. The Morgan fingerprint density at radius 3 is 2.52 bits per heavy atom. The summed E-state index contributed by atoms with van der Waals surface area (Å²) < 4.78 is 3.01. The maximum atomic E-state index is 12.6. The van der Waals surface area contributed by atoms with Crippen molar-refractivity contribution < 1.29 is 4.79 Å². The number of hydrogen-bond acceptors (Lipinski definition) is 3. The van der Waals surface area contributed by atoms with Gasteiger partial charge >= 0.3 is 0 Å². The zero-order chi connectivity index (χ0) is 15.6. The highest BCUT2D eigenvalue weighted by molar-refractivity contribution is 7.71. The van der Waals surface area contributed by atoms with E-state index < -0.39 is 0 Å². The van der Waals surface area contributed by atoms with Gasteiger partial charge in [-0.1, -0.05) is 0 Å². The van der Waals surface area contributed by atoms with Crippen LogP contribution in [0, 0.1) is 22.5 Å². The van der Waals surface area contributed by atoms with E-state index in [1.54, 1.807) is 0 Å². The van der Waals surface area contributed by atoms with Crippen LogP contribution in [0.4, 0.5) is 0 Å². The fourth-order valence-corrected chi connectivity index (χ4v) is 4.72. The van der Waals surface area contributed by atoms with Crippen molar-refractivity contribution in [2.75, 3.05) is 13.1 Å². The summed E-state index contributed by atoms with van der Waals surface area (Å²) in [6.07, 6.45) is 8.38. The molecule has 6 heteroatoms. The minimum absolute atomic E-state index is 0.361. The Labute approximate surface area is 141 Å². The normalized spacial score (nSPS) is 31.4. The summed E-state index contributed by atoms with van der Waals surface area (Å²) in [5, 5.41) is 7.48. The van der Waals surface area contributed by atoms with E-state index in [-0.39, 0.29) is 0 Å². The number of likely N-dealkylation sites (tertiary alicyclic amines) is 1. The molecule has 0 bridgehead atoms. The van der Waals surface area contributed by atoms with Crippen LogP contribution in [0.25, 0.3) is 0 Å². The second-order valence-electron chi connectivity index (χ2n) is 7.93. The number of carbonyl (C=O) groups excluding carboxylic acids is 1. The summed E-state index contributed by atoms with van der Waals surface area (Å²) in [6, 6.07) is 0.571. The van der Waals surface area contributed by atoms with Crippen molar-refractivity contribution in [3.8, 4) is 0 Å². The number of piperidine rings is 1. The second kappa shape index (κ2) is 5.16. The van der Waals surface area contributed by atoms with Crippen LogP contribution in [0.15, 0.2) is 0 Å². The third-order valence-corrected chi connectivity index (χ3v) is 6.49. The molecule has 0 unspecified atom stereocenters. The lowest BCUT2D eigenvalue weighted by Crippen LogP contribution is -2.39. The highest BCUT2D eigenvalue weighted by atomic mass is 32.1. The number of nitrogens with one attached hydrogen (secondary N) is 1. The highest BCUT2D eigenvalue weighted by Gasteiger charge is 2.52. The van der Waals surface area contributed by atoms with Gasteiger partial charge in [-0.15, -0.1) is 0 Å². The quantitative estimate of drug-likeness (QED) is 0.862. The van der Waals surface area contributed by atoms with Gasteiger partial charge in [0.1, 0.15) is 5.82 Å². The molecule has 1 aromatic heterocycles. The Kier molecular flexibility index (Phi) is 3.19. The van der Waals surface area contributed by atoms with Gasteiger partial charge < -0.3 is 9.47 Å². The molecule has 0 spiro atoms. The average Bonchev–Trinajstić information content (AvgIpc) is 3.44. The van der Waals surface area contributed by atoms with Crippen LogP contribution in [0.1, 0.15) is 62.7 Å². The highest BCUT2D eigenvalue weighted by Crippen LogP contribution is 2.55. The van der Waals surface area contributed by atoms with E-state index in [4.69, 9.17) is 12.2 Å². The van der Waals surface area contributed by atoms with E-state index >= 15 is 0 Å². The predicted octanol–water partition coefficient (Wildman–Crippen LogP) is 3.03. The Hall–Kier alpha value is -1.17. The van der Waals surface area contributed by atoms with E-state index in [1.165, 1.54) is 25.7 Å². The molecule has 1 saturated heterocycles. The Morgan fingerprint density at radius 2 is 1.87 bits per heavy atom. The number of H-pyrrole nitrogens is 1. The minimum Gasteiger partial charge on any atom is -0.342 e. The van der Waals surface area contributed by atoms with E-state index in [2.05, 4.69) is 19.7 Å². The van der Waals surface area contributed by atoms with Gasteiger partial charge in [-0.25, -0.2) is 0 Å². The summed E-state index contributed by atoms with van der Waals surface area (Å²) in [5.74, 6) is 3.99. The lowest BCUT2D eigenvalue weighted by Gasteiger charge is -2.32. The fraction of sp³-hybridized carbons (Fsp3) is 0.824. The van der Waals surface area contributed by atoms with Gasteiger partial charge in [0.15, 0.2) is 4.77 Å². The van der Waals surface area contributed by atoms with Gasteiger partial charge in [-0.05, 0) is 69.0 Å². The molecule has 0 radical (unpaired) electrons. The smallest absolute Gasteiger partial charge is 0.225 e. The molecule has 2 atom stereocenters. The van der Waals surface area contributed by atoms with Crippen molar-refractivity contribution in [1.82, 2.24) is 19.7 Å². The topological polar surface area (TPSA) is 53.9 Å². The van der Waals surface area contributed by atoms with Gasteiger partial charge in [-0.2, -0.15) is 5.10 Å². The molecule has 1 aromatic rings. The third-order valence-electron chi connectivity index (χ3n) is 6.20. The van der Waals surface area contributed by atoms with Gasteiger partial charge in [0.05, 0.1) is 0 Å². The molecule has 4 fully saturated rings. The molecule has 1 N–H and O–H groups in total. The number of aromatic nitrogens is 3. The third kappa shape index (κ3) is 2.55. The summed E-state index contributed by atoms with van der Waals surface area (Å²) in [4.78, 5) is 14.7. The van der Waals surface area contributed by atoms with Crippen molar-refractivity contribution in [2.45, 2.75) is 56.9 Å². The molecule has 3 aliphatic carbocycles. The number of carbonyl (C=O) groups is 1.